The fourth-order valence-corrected chi connectivity index (χ4v) is 2.67. The smallest absolute Gasteiger partial charge is 0.378 e. The summed E-state index contributed by atoms with van der Waals surface area (Å²) in [5.74, 6) is -0.496. The van der Waals surface area contributed by atoms with E-state index in [1.807, 2.05) is 4.90 Å². The zero-order valence-corrected chi connectivity index (χ0v) is 13.8. The van der Waals surface area contributed by atoms with E-state index < -0.39 is 17.6 Å². The Morgan fingerprint density at radius 2 is 1.96 bits per heavy atom. The van der Waals surface area contributed by atoms with E-state index >= 15 is 0 Å². The molecule has 2 aromatic rings. The number of aromatic nitrogens is 2. The van der Waals surface area contributed by atoms with Gasteiger partial charge in [0.05, 0.1) is 36.2 Å². The molecule has 0 aromatic carbocycles. The van der Waals surface area contributed by atoms with Gasteiger partial charge in [0.15, 0.2) is 0 Å². The molecule has 1 amide bonds. The van der Waals surface area contributed by atoms with Crippen molar-refractivity contribution in [3.8, 4) is 0 Å². The minimum Gasteiger partial charge on any atom is -0.378 e. The van der Waals surface area contributed by atoms with E-state index in [1.165, 1.54) is 6.20 Å². The lowest BCUT2D eigenvalue weighted by atomic mass is 10.1. The van der Waals surface area contributed by atoms with Crippen LogP contribution < -0.4 is 10.2 Å². The first-order chi connectivity index (χ1) is 12.4. The van der Waals surface area contributed by atoms with Crippen LogP contribution in [0.3, 0.4) is 0 Å². The van der Waals surface area contributed by atoms with Gasteiger partial charge < -0.3 is 15.0 Å². The summed E-state index contributed by atoms with van der Waals surface area (Å²) in [6, 6.07) is 2.56. The Labute approximate surface area is 148 Å². The zero-order chi connectivity index (χ0) is 18.6. The third kappa shape index (κ3) is 4.29. The van der Waals surface area contributed by atoms with E-state index in [4.69, 9.17) is 4.74 Å². The average Bonchev–Trinajstić information content (AvgIpc) is 2.66. The highest BCUT2D eigenvalue weighted by molar-refractivity contribution is 5.94. The van der Waals surface area contributed by atoms with Crippen LogP contribution in [-0.2, 0) is 17.5 Å². The van der Waals surface area contributed by atoms with Gasteiger partial charge in [-0.25, -0.2) is 0 Å². The van der Waals surface area contributed by atoms with Crippen molar-refractivity contribution in [3.63, 3.8) is 0 Å². The van der Waals surface area contributed by atoms with Gasteiger partial charge in [-0.1, -0.05) is 0 Å². The minimum absolute atomic E-state index is 0.0920. The van der Waals surface area contributed by atoms with Gasteiger partial charge in [0, 0.05) is 43.8 Å². The Kier molecular flexibility index (Phi) is 5.36. The number of carbonyl (C=O) groups excluding carboxylic acids is 1. The van der Waals surface area contributed by atoms with Gasteiger partial charge in [0.1, 0.15) is 0 Å². The second kappa shape index (κ2) is 7.69. The molecule has 0 unspecified atom stereocenters. The van der Waals surface area contributed by atoms with Gasteiger partial charge in [-0.2, -0.15) is 13.2 Å². The zero-order valence-electron chi connectivity index (χ0n) is 13.8. The number of anilines is 1. The highest BCUT2D eigenvalue weighted by atomic mass is 19.4. The maximum absolute atomic E-state index is 13.0. The van der Waals surface area contributed by atoms with E-state index in [-0.39, 0.29) is 17.7 Å². The summed E-state index contributed by atoms with van der Waals surface area (Å²) in [6.07, 6.45) is 0.703. The van der Waals surface area contributed by atoms with Gasteiger partial charge in [-0.05, 0) is 12.1 Å². The predicted molar refractivity (Wildman–Crippen MR) is 87.7 cm³/mol. The van der Waals surface area contributed by atoms with Crippen LogP contribution in [0.2, 0.25) is 0 Å². The van der Waals surface area contributed by atoms with Crippen LogP contribution in [0.5, 0.6) is 0 Å². The molecule has 0 radical (unpaired) electrons. The Balaban J connectivity index is 1.69. The quantitative estimate of drug-likeness (QED) is 0.899. The van der Waals surface area contributed by atoms with E-state index in [0.717, 1.165) is 24.1 Å². The van der Waals surface area contributed by atoms with Crippen molar-refractivity contribution >= 4 is 11.6 Å². The van der Waals surface area contributed by atoms with Crippen LogP contribution in [0.1, 0.15) is 21.5 Å². The molecule has 1 N–H and O–H groups in total. The lowest BCUT2D eigenvalue weighted by Gasteiger charge is -2.28. The summed E-state index contributed by atoms with van der Waals surface area (Å²) in [7, 11) is 0. The van der Waals surface area contributed by atoms with Crippen LogP contribution in [0.4, 0.5) is 18.9 Å². The first-order valence-corrected chi connectivity index (χ1v) is 8.01. The first kappa shape index (κ1) is 18.1. The molecule has 0 spiro atoms. The molecular weight excluding hydrogens is 349 g/mol. The molecule has 0 aliphatic carbocycles. The summed E-state index contributed by atoms with van der Waals surface area (Å²) >= 11 is 0. The van der Waals surface area contributed by atoms with Crippen molar-refractivity contribution in [3.05, 3.63) is 53.6 Å². The summed E-state index contributed by atoms with van der Waals surface area (Å²) < 4.78 is 44.3. The second-order valence-electron chi connectivity index (χ2n) is 5.74. The molecule has 1 saturated heterocycles. The van der Waals surface area contributed by atoms with Gasteiger partial charge in [-0.15, -0.1) is 0 Å². The number of morpholine rings is 1. The van der Waals surface area contributed by atoms with Crippen molar-refractivity contribution in [2.45, 2.75) is 12.7 Å². The number of hydrogen-bond donors (Lipinski definition) is 1. The van der Waals surface area contributed by atoms with E-state index in [0.29, 0.717) is 26.3 Å². The summed E-state index contributed by atoms with van der Waals surface area (Å²) in [5, 5.41) is 2.50. The van der Waals surface area contributed by atoms with Crippen molar-refractivity contribution in [1.82, 2.24) is 15.3 Å². The first-order valence-electron chi connectivity index (χ1n) is 8.01. The molecule has 0 bridgehead atoms. The number of nitrogens with zero attached hydrogens (tertiary/aromatic N) is 3. The number of pyridine rings is 2. The maximum atomic E-state index is 13.0. The van der Waals surface area contributed by atoms with Crippen molar-refractivity contribution in [2.24, 2.45) is 0 Å². The number of nitrogens with one attached hydrogen (secondary N) is 1. The molecule has 0 saturated carbocycles. The topological polar surface area (TPSA) is 67.4 Å². The number of alkyl halides is 3. The summed E-state index contributed by atoms with van der Waals surface area (Å²) in [4.78, 5) is 22.1. The van der Waals surface area contributed by atoms with Crippen LogP contribution in [-0.4, -0.2) is 42.2 Å². The van der Waals surface area contributed by atoms with Crippen molar-refractivity contribution < 1.29 is 22.7 Å². The minimum atomic E-state index is -4.50. The van der Waals surface area contributed by atoms with Crippen molar-refractivity contribution in [1.29, 1.82) is 0 Å². The molecule has 3 heterocycles. The molecule has 26 heavy (non-hydrogen) atoms. The highest BCUT2D eigenvalue weighted by Crippen LogP contribution is 2.31. The monoisotopic (exact) mass is 366 g/mol. The molecular formula is C17H17F3N4O2. The number of hydrogen-bond acceptors (Lipinski definition) is 5. The van der Waals surface area contributed by atoms with Gasteiger partial charge in [0.25, 0.3) is 5.91 Å². The Morgan fingerprint density at radius 3 is 2.69 bits per heavy atom. The SMILES string of the molecule is O=C(NCc1cnccc1C(F)(F)F)c1cncc(N2CCOCC2)c1. The maximum Gasteiger partial charge on any atom is 0.416 e. The van der Waals surface area contributed by atoms with Gasteiger partial charge in [0.2, 0.25) is 0 Å². The number of carbonyl (C=O) groups is 1. The molecule has 6 nitrogen and oxygen atoms in total. The molecule has 0 atom stereocenters. The molecule has 2 aromatic heterocycles. The van der Waals surface area contributed by atoms with Crippen LogP contribution in [0, 0.1) is 0 Å². The largest absolute Gasteiger partial charge is 0.416 e. The van der Waals surface area contributed by atoms with E-state index in [1.54, 1.807) is 12.3 Å². The van der Waals surface area contributed by atoms with Crippen LogP contribution in [0.25, 0.3) is 0 Å². The van der Waals surface area contributed by atoms with Crippen LogP contribution >= 0.6 is 0 Å². The number of amides is 1. The summed E-state index contributed by atoms with van der Waals surface area (Å²) in [6.45, 7) is 2.30. The lowest BCUT2D eigenvalue weighted by molar-refractivity contribution is -0.138. The van der Waals surface area contributed by atoms with Gasteiger partial charge >= 0.3 is 6.18 Å². The van der Waals surface area contributed by atoms with Gasteiger partial charge in [-0.3, -0.25) is 14.8 Å². The fourth-order valence-electron chi connectivity index (χ4n) is 2.67. The second-order valence-corrected chi connectivity index (χ2v) is 5.74. The Hall–Kier alpha value is -2.68. The Morgan fingerprint density at radius 1 is 1.19 bits per heavy atom. The summed E-state index contributed by atoms with van der Waals surface area (Å²) in [5.41, 5.74) is 0.156. The normalized spacial score (nSPS) is 15.0. The van der Waals surface area contributed by atoms with E-state index in [2.05, 4.69) is 15.3 Å². The molecule has 1 aliphatic heterocycles. The molecule has 1 aliphatic rings. The lowest BCUT2D eigenvalue weighted by Crippen LogP contribution is -2.36. The standard InChI is InChI=1S/C17H17F3N4O2/c18-17(19,20)15-1-2-21-9-13(15)10-23-16(25)12-7-14(11-22-8-12)24-3-5-26-6-4-24/h1-2,7-9,11H,3-6,10H2,(H,23,25). The predicted octanol–water partition coefficient (Wildman–Crippen LogP) is 2.26. The molecule has 3 rings (SSSR count). The number of ether oxygens (including phenoxy) is 1. The number of halogens is 3. The molecule has 138 valence electrons. The Bertz CT molecular complexity index is 777. The molecule has 1 fully saturated rings. The average molecular weight is 366 g/mol. The third-order valence-electron chi connectivity index (χ3n) is 4.01. The number of rotatable bonds is 4. The third-order valence-corrected chi connectivity index (χ3v) is 4.01. The highest BCUT2D eigenvalue weighted by Gasteiger charge is 2.33. The molecule has 9 heteroatoms. The van der Waals surface area contributed by atoms with E-state index in [9.17, 15) is 18.0 Å². The van der Waals surface area contributed by atoms with Crippen molar-refractivity contribution in [2.75, 3.05) is 31.2 Å². The fraction of sp³-hybridized carbons (Fsp3) is 0.353. The van der Waals surface area contributed by atoms with Crippen LogP contribution in [0.15, 0.2) is 36.9 Å².